The van der Waals surface area contributed by atoms with Crippen molar-refractivity contribution in [2.75, 3.05) is 37.6 Å². The van der Waals surface area contributed by atoms with Crippen LogP contribution in [0.15, 0.2) is 30.3 Å². The van der Waals surface area contributed by atoms with Crippen LogP contribution in [0.4, 0.5) is 18.3 Å². The van der Waals surface area contributed by atoms with Gasteiger partial charge in [-0.25, -0.2) is 0 Å². The molecule has 9 heteroatoms. The van der Waals surface area contributed by atoms with Gasteiger partial charge < -0.3 is 10.0 Å². The highest BCUT2D eigenvalue weighted by Crippen LogP contribution is 2.34. The number of aliphatic hydroxyl groups excluding tert-OH is 1. The number of hydrogen-bond donors (Lipinski definition) is 1. The Balaban J connectivity index is 1.53. The van der Waals surface area contributed by atoms with Crippen molar-refractivity contribution in [1.82, 2.24) is 15.1 Å². The van der Waals surface area contributed by atoms with Crippen molar-refractivity contribution >= 4 is 16.5 Å². The number of β-amino-alcohol motifs (C(OH)–C–C–N with tert-alkyl or cyclic N) is 1. The van der Waals surface area contributed by atoms with Crippen LogP contribution < -0.4 is 4.90 Å². The Morgan fingerprint density at radius 1 is 1.08 bits per heavy atom. The molecule has 0 unspecified atom stereocenters. The molecule has 24 heavy (non-hydrogen) atoms. The number of aromatic nitrogens is 2. The summed E-state index contributed by atoms with van der Waals surface area (Å²) < 4.78 is 37.8. The molecule has 1 fully saturated rings. The fourth-order valence-electron chi connectivity index (χ4n) is 2.60. The molecule has 1 atom stereocenters. The molecular formula is C15H17F3N4OS. The third kappa shape index (κ3) is 4.03. The van der Waals surface area contributed by atoms with Crippen LogP contribution in [0.2, 0.25) is 0 Å². The zero-order valence-corrected chi connectivity index (χ0v) is 13.6. The second kappa shape index (κ2) is 7.04. The van der Waals surface area contributed by atoms with Gasteiger partial charge in [-0.05, 0) is 5.56 Å². The molecule has 3 rings (SSSR count). The van der Waals surface area contributed by atoms with Gasteiger partial charge in [0.05, 0.1) is 6.10 Å². The van der Waals surface area contributed by atoms with E-state index >= 15 is 0 Å². The molecule has 0 bridgehead atoms. The standard InChI is InChI=1S/C15H17F3N4OS/c16-15(17,18)13-19-20-14(24-13)22-8-6-21(7-9-22)10-12(23)11-4-2-1-3-5-11/h1-5,12,23H,6-10H2/t12-/m1/s1. The fraction of sp³-hybridized carbons (Fsp3) is 0.467. The monoisotopic (exact) mass is 358 g/mol. The number of anilines is 1. The molecule has 1 aliphatic heterocycles. The second-order valence-corrected chi connectivity index (χ2v) is 6.56. The average Bonchev–Trinajstić information content (AvgIpc) is 3.07. The van der Waals surface area contributed by atoms with Crippen LogP contribution in [0.1, 0.15) is 16.7 Å². The lowest BCUT2D eigenvalue weighted by Crippen LogP contribution is -2.47. The van der Waals surface area contributed by atoms with Crippen LogP contribution in [-0.4, -0.2) is 52.9 Å². The van der Waals surface area contributed by atoms with E-state index in [0.717, 1.165) is 5.56 Å². The van der Waals surface area contributed by atoms with E-state index in [0.29, 0.717) is 49.2 Å². The summed E-state index contributed by atoms with van der Waals surface area (Å²) in [6, 6.07) is 9.41. The van der Waals surface area contributed by atoms with Gasteiger partial charge in [0.2, 0.25) is 10.1 Å². The summed E-state index contributed by atoms with van der Waals surface area (Å²) in [6.45, 7) is 2.94. The highest BCUT2D eigenvalue weighted by Gasteiger charge is 2.36. The fourth-order valence-corrected chi connectivity index (χ4v) is 3.37. The molecule has 2 aromatic rings. The van der Waals surface area contributed by atoms with Gasteiger partial charge in [-0.3, -0.25) is 4.90 Å². The Hall–Kier alpha value is -1.71. The summed E-state index contributed by atoms with van der Waals surface area (Å²) in [6.07, 6.45) is -5.02. The maximum absolute atomic E-state index is 12.6. The molecule has 1 aromatic carbocycles. The van der Waals surface area contributed by atoms with E-state index < -0.39 is 17.3 Å². The Bertz CT molecular complexity index is 656. The quantitative estimate of drug-likeness (QED) is 0.910. The van der Waals surface area contributed by atoms with Crippen molar-refractivity contribution in [3.05, 3.63) is 40.9 Å². The number of hydrogen-bond acceptors (Lipinski definition) is 6. The van der Waals surface area contributed by atoms with Gasteiger partial charge in [0.15, 0.2) is 0 Å². The summed E-state index contributed by atoms with van der Waals surface area (Å²) in [5.41, 5.74) is 0.860. The summed E-state index contributed by atoms with van der Waals surface area (Å²) in [4.78, 5) is 3.90. The smallest absolute Gasteiger partial charge is 0.387 e. The van der Waals surface area contributed by atoms with E-state index in [1.165, 1.54) is 0 Å². The lowest BCUT2D eigenvalue weighted by molar-refractivity contribution is -0.138. The number of piperazine rings is 1. The van der Waals surface area contributed by atoms with Crippen LogP contribution >= 0.6 is 11.3 Å². The lowest BCUT2D eigenvalue weighted by Gasteiger charge is -2.35. The van der Waals surface area contributed by atoms with Gasteiger partial charge in [0.25, 0.3) is 0 Å². The lowest BCUT2D eigenvalue weighted by atomic mass is 10.1. The zero-order valence-electron chi connectivity index (χ0n) is 12.8. The molecule has 0 radical (unpaired) electrons. The van der Waals surface area contributed by atoms with Gasteiger partial charge in [-0.15, -0.1) is 10.2 Å². The van der Waals surface area contributed by atoms with Crippen LogP contribution in [0.5, 0.6) is 0 Å². The van der Waals surface area contributed by atoms with Crippen LogP contribution in [0.3, 0.4) is 0 Å². The van der Waals surface area contributed by atoms with E-state index in [1.807, 2.05) is 30.3 Å². The van der Waals surface area contributed by atoms with Crippen LogP contribution in [0, 0.1) is 0 Å². The Morgan fingerprint density at radius 2 is 1.75 bits per heavy atom. The van der Waals surface area contributed by atoms with E-state index in [2.05, 4.69) is 15.1 Å². The molecule has 0 spiro atoms. The summed E-state index contributed by atoms with van der Waals surface area (Å²) in [7, 11) is 0. The molecular weight excluding hydrogens is 341 g/mol. The Morgan fingerprint density at radius 3 is 2.33 bits per heavy atom. The van der Waals surface area contributed by atoms with Crippen molar-refractivity contribution < 1.29 is 18.3 Å². The maximum atomic E-state index is 12.6. The van der Waals surface area contributed by atoms with Crippen molar-refractivity contribution in [3.8, 4) is 0 Å². The molecule has 1 aromatic heterocycles. The first-order chi connectivity index (χ1) is 11.4. The molecule has 0 saturated carbocycles. The highest BCUT2D eigenvalue weighted by atomic mass is 32.1. The minimum absolute atomic E-state index is 0.297. The molecule has 0 aliphatic carbocycles. The summed E-state index contributed by atoms with van der Waals surface area (Å²) >= 11 is 0.569. The van der Waals surface area contributed by atoms with Gasteiger partial charge in [0, 0.05) is 32.7 Å². The van der Waals surface area contributed by atoms with Gasteiger partial charge in [-0.2, -0.15) is 13.2 Å². The first-order valence-electron chi connectivity index (χ1n) is 7.54. The third-order valence-corrected chi connectivity index (χ3v) is 4.94. The van der Waals surface area contributed by atoms with E-state index in [9.17, 15) is 18.3 Å². The van der Waals surface area contributed by atoms with Crippen molar-refractivity contribution in [2.24, 2.45) is 0 Å². The number of halogens is 3. The number of nitrogens with zero attached hydrogens (tertiary/aromatic N) is 4. The normalized spacial score (nSPS) is 17.9. The predicted octanol–water partition coefficient (Wildman–Crippen LogP) is 2.41. The number of aliphatic hydroxyl groups is 1. The van der Waals surface area contributed by atoms with E-state index in [1.54, 1.807) is 4.90 Å². The molecule has 0 amide bonds. The van der Waals surface area contributed by atoms with Crippen molar-refractivity contribution in [1.29, 1.82) is 0 Å². The number of rotatable bonds is 4. The van der Waals surface area contributed by atoms with E-state index in [-0.39, 0.29) is 0 Å². The third-order valence-electron chi connectivity index (χ3n) is 3.92. The number of benzene rings is 1. The topological polar surface area (TPSA) is 52.5 Å². The van der Waals surface area contributed by atoms with Gasteiger partial charge in [0.1, 0.15) is 0 Å². The molecule has 1 saturated heterocycles. The predicted molar refractivity (Wildman–Crippen MR) is 85.0 cm³/mol. The zero-order chi connectivity index (χ0) is 17.2. The Kier molecular flexibility index (Phi) is 5.02. The molecule has 130 valence electrons. The molecule has 1 N–H and O–H groups in total. The number of alkyl halides is 3. The highest BCUT2D eigenvalue weighted by molar-refractivity contribution is 7.15. The molecule has 5 nitrogen and oxygen atoms in total. The molecule has 2 heterocycles. The van der Waals surface area contributed by atoms with Crippen molar-refractivity contribution in [2.45, 2.75) is 12.3 Å². The molecule has 1 aliphatic rings. The first-order valence-corrected chi connectivity index (χ1v) is 8.36. The minimum Gasteiger partial charge on any atom is -0.387 e. The maximum Gasteiger partial charge on any atom is 0.445 e. The van der Waals surface area contributed by atoms with Gasteiger partial charge >= 0.3 is 6.18 Å². The Labute approximate surface area is 141 Å². The summed E-state index contributed by atoms with van der Waals surface area (Å²) in [5.74, 6) is 0. The minimum atomic E-state index is -4.45. The SMILES string of the molecule is O[C@H](CN1CCN(c2nnc(C(F)(F)F)s2)CC1)c1ccccc1. The van der Waals surface area contributed by atoms with Crippen molar-refractivity contribution in [3.63, 3.8) is 0 Å². The van der Waals surface area contributed by atoms with E-state index in [4.69, 9.17) is 0 Å². The van der Waals surface area contributed by atoms with Crippen LogP contribution in [0.25, 0.3) is 0 Å². The first kappa shape index (κ1) is 17.1. The second-order valence-electron chi connectivity index (χ2n) is 5.60. The van der Waals surface area contributed by atoms with Gasteiger partial charge in [-0.1, -0.05) is 41.7 Å². The summed E-state index contributed by atoms with van der Waals surface area (Å²) in [5, 5.41) is 16.5. The van der Waals surface area contributed by atoms with Crippen LogP contribution in [-0.2, 0) is 6.18 Å². The average molecular weight is 358 g/mol. The largest absolute Gasteiger partial charge is 0.445 e.